The number of halogens is 1. The molecule has 1 spiro atoms. The standard InChI is InChI=1S/C30H32FN3O6Si/c1-19-27(41(2,3)31)26(14-15-35)40-30(19)24-17-23(34(38)39)12-13-25(24)33(29(30)37)18-20-8-7-11-22(16-20)32-28(36)21-9-5-4-6-10-21/h4-13,16-17,19,26-27,35H,14-15,18H2,1-3H3,(H,32,36)/t19-,26+,27-,30+/m1/s1. The Morgan fingerprint density at radius 2 is 1.88 bits per heavy atom. The Labute approximate surface area is 238 Å². The van der Waals surface area contributed by atoms with Crippen LogP contribution in [0.4, 0.5) is 21.2 Å². The van der Waals surface area contributed by atoms with E-state index >= 15 is 4.11 Å². The van der Waals surface area contributed by atoms with Crippen molar-refractivity contribution in [1.82, 2.24) is 0 Å². The predicted molar refractivity (Wildman–Crippen MR) is 155 cm³/mol. The van der Waals surface area contributed by atoms with Crippen molar-refractivity contribution in [1.29, 1.82) is 0 Å². The average Bonchev–Trinajstić information content (AvgIpc) is 3.36. The molecule has 1 fully saturated rings. The summed E-state index contributed by atoms with van der Waals surface area (Å²) in [6, 6.07) is 20.1. The Morgan fingerprint density at radius 3 is 2.54 bits per heavy atom. The number of ether oxygens (including phenoxy) is 1. The van der Waals surface area contributed by atoms with E-state index in [-0.39, 0.29) is 31.2 Å². The summed E-state index contributed by atoms with van der Waals surface area (Å²) >= 11 is 0. The van der Waals surface area contributed by atoms with Crippen molar-refractivity contribution >= 4 is 37.3 Å². The molecule has 0 radical (unpaired) electrons. The van der Waals surface area contributed by atoms with Crippen LogP contribution in [0.3, 0.4) is 0 Å². The lowest BCUT2D eigenvalue weighted by Crippen LogP contribution is -2.45. The highest BCUT2D eigenvalue weighted by atomic mass is 28.4. The van der Waals surface area contributed by atoms with Gasteiger partial charge in [0, 0.05) is 47.0 Å². The smallest absolute Gasteiger partial charge is 0.269 e. The maximum Gasteiger partial charge on any atom is 0.269 e. The lowest BCUT2D eigenvalue weighted by molar-refractivity contribution is -0.385. The zero-order valence-corrected chi connectivity index (χ0v) is 24.0. The molecule has 1 saturated heterocycles. The van der Waals surface area contributed by atoms with E-state index in [2.05, 4.69) is 5.32 Å². The average molecular weight is 578 g/mol. The van der Waals surface area contributed by atoms with E-state index in [1.54, 1.807) is 62.5 Å². The Kier molecular flexibility index (Phi) is 7.53. The topological polar surface area (TPSA) is 122 Å². The number of fused-ring (bicyclic) bond motifs is 2. The number of aliphatic hydroxyl groups excluding tert-OH is 1. The summed E-state index contributed by atoms with van der Waals surface area (Å²) in [7, 11) is -3.40. The van der Waals surface area contributed by atoms with Crippen LogP contribution in [0.5, 0.6) is 0 Å². The first-order valence-electron chi connectivity index (χ1n) is 13.5. The van der Waals surface area contributed by atoms with Gasteiger partial charge in [-0.25, -0.2) is 0 Å². The quantitative estimate of drug-likeness (QED) is 0.157. The molecule has 3 aromatic rings. The fraction of sp³-hybridized carbons (Fsp3) is 0.333. The van der Waals surface area contributed by atoms with E-state index in [1.807, 2.05) is 12.1 Å². The Hall–Kier alpha value is -3.93. The van der Waals surface area contributed by atoms with E-state index in [9.17, 15) is 24.8 Å². The molecule has 2 N–H and O–H groups in total. The third-order valence-electron chi connectivity index (χ3n) is 8.13. The second kappa shape index (κ2) is 10.8. The lowest BCUT2D eigenvalue weighted by Gasteiger charge is -2.31. The molecule has 0 bridgehead atoms. The molecule has 2 heterocycles. The number of amides is 2. The van der Waals surface area contributed by atoms with Crippen LogP contribution < -0.4 is 10.2 Å². The number of non-ortho nitro benzene ring substituents is 1. The summed E-state index contributed by atoms with van der Waals surface area (Å²) in [4.78, 5) is 39.7. The van der Waals surface area contributed by atoms with Gasteiger partial charge in [0.1, 0.15) is 0 Å². The van der Waals surface area contributed by atoms with Crippen LogP contribution in [0.2, 0.25) is 18.6 Å². The van der Waals surface area contributed by atoms with Crippen LogP contribution in [-0.2, 0) is 21.7 Å². The molecular weight excluding hydrogens is 545 g/mol. The molecular formula is C30H32FN3O6Si. The van der Waals surface area contributed by atoms with Crippen LogP contribution in [0.15, 0.2) is 72.8 Å². The SMILES string of the molecule is C[C@@H]1[C@@H]([Si](C)(C)F)[C@H](CCO)O[C@@]12C(=O)N(Cc1cccc(NC(=O)c3ccccc3)c1)c1ccc([N+](=O)[O-])cc12. The van der Waals surface area contributed by atoms with Crippen molar-refractivity contribution in [2.45, 2.75) is 50.2 Å². The molecule has 2 aliphatic heterocycles. The highest BCUT2D eigenvalue weighted by Gasteiger charge is 2.66. The summed E-state index contributed by atoms with van der Waals surface area (Å²) in [5, 5.41) is 24.3. The van der Waals surface area contributed by atoms with Crippen molar-refractivity contribution in [3.63, 3.8) is 0 Å². The molecule has 3 aromatic carbocycles. The van der Waals surface area contributed by atoms with Gasteiger partial charge in [0.25, 0.3) is 17.5 Å². The molecule has 0 aromatic heterocycles. The van der Waals surface area contributed by atoms with Crippen molar-refractivity contribution in [3.8, 4) is 0 Å². The number of nitrogens with one attached hydrogen (secondary N) is 1. The van der Waals surface area contributed by atoms with Gasteiger partial charge >= 0.3 is 0 Å². The molecule has 0 unspecified atom stereocenters. The molecule has 0 aliphatic carbocycles. The zero-order chi connectivity index (χ0) is 29.5. The van der Waals surface area contributed by atoms with Crippen LogP contribution >= 0.6 is 0 Å². The van der Waals surface area contributed by atoms with Crippen LogP contribution in [-0.4, -0.2) is 43.0 Å². The highest BCUT2D eigenvalue weighted by molar-refractivity contribution is 6.72. The Morgan fingerprint density at radius 1 is 1.15 bits per heavy atom. The first-order valence-corrected chi connectivity index (χ1v) is 16.5. The lowest BCUT2D eigenvalue weighted by atomic mass is 9.82. The maximum atomic E-state index is 15.7. The Balaban J connectivity index is 1.52. The van der Waals surface area contributed by atoms with Gasteiger partial charge in [0.2, 0.25) is 8.41 Å². The number of carbonyl (C=O) groups is 2. The largest absolute Gasteiger partial charge is 0.396 e. The number of anilines is 2. The number of benzene rings is 3. The predicted octanol–water partition coefficient (Wildman–Crippen LogP) is 5.55. The van der Waals surface area contributed by atoms with Crippen molar-refractivity contribution in [3.05, 3.63) is 99.6 Å². The number of hydrogen-bond acceptors (Lipinski definition) is 6. The Bertz CT molecular complexity index is 1500. The number of nitro benzene ring substituents is 1. The minimum absolute atomic E-state index is 0.0995. The van der Waals surface area contributed by atoms with E-state index in [4.69, 9.17) is 4.74 Å². The van der Waals surface area contributed by atoms with E-state index in [1.165, 1.54) is 23.1 Å². The monoisotopic (exact) mass is 577 g/mol. The molecule has 0 saturated carbocycles. The number of rotatable bonds is 8. The van der Waals surface area contributed by atoms with Crippen molar-refractivity contribution in [2.24, 2.45) is 5.92 Å². The van der Waals surface area contributed by atoms with Crippen LogP contribution in [0.1, 0.15) is 34.8 Å². The highest BCUT2D eigenvalue weighted by Crippen LogP contribution is 2.60. The van der Waals surface area contributed by atoms with E-state index in [0.717, 1.165) is 0 Å². The molecule has 214 valence electrons. The van der Waals surface area contributed by atoms with Gasteiger partial charge in [-0.15, -0.1) is 0 Å². The van der Waals surface area contributed by atoms with Crippen LogP contribution in [0, 0.1) is 16.0 Å². The fourth-order valence-corrected chi connectivity index (χ4v) is 8.97. The van der Waals surface area contributed by atoms with Crippen molar-refractivity contribution < 1.29 is 28.5 Å². The van der Waals surface area contributed by atoms with Gasteiger partial charge in [-0.05, 0) is 55.4 Å². The summed E-state index contributed by atoms with van der Waals surface area (Å²) in [5.41, 5.74) is 0.111. The minimum atomic E-state index is -3.40. The van der Waals surface area contributed by atoms with E-state index < -0.39 is 42.4 Å². The second-order valence-corrected chi connectivity index (χ2v) is 14.9. The van der Waals surface area contributed by atoms with Gasteiger partial charge in [-0.1, -0.05) is 37.3 Å². The number of carbonyl (C=O) groups excluding carboxylic acids is 2. The van der Waals surface area contributed by atoms with Crippen molar-refractivity contribution in [2.75, 3.05) is 16.8 Å². The van der Waals surface area contributed by atoms with Gasteiger partial charge < -0.3 is 24.2 Å². The van der Waals surface area contributed by atoms with Gasteiger partial charge in [0.15, 0.2) is 5.60 Å². The summed E-state index contributed by atoms with van der Waals surface area (Å²) < 4.78 is 22.1. The third-order valence-corrected chi connectivity index (χ3v) is 10.6. The molecule has 41 heavy (non-hydrogen) atoms. The normalized spacial score (nSPS) is 23.6. The zero-order valence-electron chi connectivity index (χ0n) is 23.0. The summed E-state index contributed by atoms with van der Waals surface area (Å²) in [6.45, 7) is 4.74. The van der Waals surface area contributed by atoms with Gasteiger partial charge in [-0.2, -0.15) is 0 Å². The molecule has 2 amide bonds. The molecule has 11 heteroatoms. The first kappa shape index (κ1) is 28.6. The van der Waals surface area contributed by atoms with Gasteiger partial charge in [-0.3, -0.25) is 19.7 Å². The molecule has 4 atom stereocenters. The van der Waals surface area contributed by atoms with Crippen LogP contribution in [0.25, 0.3) is 0 Å². The summed E-state index contributed by atoms with van der Waals surface area (Å²) in [6.07, 6.45) is -0.563. The second-order valence-electron chi connectivity index (χ2n) is 11.2. The van der Waals surface area contributed by atoms with E-state index in [0.29, 0.717) is 28.1 Å². The maximum absolute atomic E-state index is 15.7. The third kappa shape index (κ3) is 5.05. The minimum Gasteiger partial charge on any atom is -0.396 e. The first-order chi connectivity index (χ1) is 19.5. The number of nitrogens with zero attached hydrogens (tertiary/aromatic N) is 2. The molecule has 5 rings (SSSR count). The number of aliphatic hydroxyl groups is 1. The fourth-order valence-electron chi connectivity index (χ4n) is 6.43. The number of hydrogen-bond donors (Lipinski definition) is 2. The molecule has 2 aliphatic rings. The number of nitro groups is 1. The molecule has 9 nitrogen and oxygen atoms in total. The summed E-state index contributed by atoms with van der Waals surface area (Å²) in [5.74, 6) is -1.33. The van der Waals surface area contributed by atoms with Gasteiger partial charge in [0.05, 0.1) is 23.3 Å².